The molecule has 2 aromatic carbocycles. The van der Waals surface area contributed by atoms with Gasteiger partial charge in [-0.25, -0.2) is 0 Å². The van der Waals surface area contributed by atoms with Crippen LogP contribution in [-0.4, -0.2) is 26.1 Å². The van der Waals surface area contributed by atoms with Crippen molar-refractivity contribution in [3.05, 3.63) is 59.7 Å². The average molecular weight is 324 g/mol. The molecule has 0 aromatic heterocycles. The number of fused-ring (bicyclic) bond motifs is 1. The molecule has 3 rings (SSSR count). The molecule has 2 aromatic rings. The Morgan fingerprint density at radius 1 is 1.12 bits per heavy atom. The van der Waals surface area contributed by atoms with Crippen molar-refractivity contribution in [2.75, 3.05) is 25.1 Å². The van der Waals surface area contributed by atoms with Crippen LogP contribution in [0.25, 0.3) is 0 Å². The molecule has 1 aliphatic heterocycles. The smallest absolute Gasteiger partial charge is 0.239 e. The highest BCUT2D eigenvalue weighted by molar-refractivity contribution is 5.81. The molecular formula is C20H24N2O2. The van der Waals surface area contributed by atoms with Crippen LogP contribution in [0.15, 0.2) is 48.5 Å². The third-order valence-corrected chi connectivity index (χ3v) is 4.44. The minimum absolute atomic E-state index is 0.0579. The van der Waals surface area contributed by atoms with Crippen LogP contribution in [0.2, 0.25) is 0 Å². The molecule has 0 aliphatic carbocycles. The second-order valence-corrected chi connectivity index (χ2v) is 6.13. The SMILES string of the molecule is COc1ccc(CNC(=O)CN2CCCCc3ccccc32)cc1. The molecule has 1 aliphatic rings. The van der Waals surface area contributed by atoms with Gasteiger partial charge in [-0.15, -0.1) is 0 Å². The maximum Gasteiger partial charge on any atom is 0.239 e. The molecule has 24 heavy (non-hydrogen) atoms. The summed E-state index contributed by atoms with van der Waals surface area (Å²) >= 11 is 0. The maximum atomic E-state index is 12.4. The van der Waals surface area contributed by atoms with Gasteiger partial charge < -0.3 is 15.0 Å². The van der Waals surface area contributed by atoms with Crippen molar-refractivity contribution < 1.29 is 9.53 Å². The fourth-order valence-corrected chi connectivity index (χ4v) is 3.11. The third-order valence-electron chi connectivity index (χ3n) is 4.44. The number of methoxy groups -OCH3 is 1. The first-order valence-electron chi connectivity index (χ1n) is 8.49. The van der Waals surface area contributed by atoms with Crippen LogP contribution in [0.1, 0.15) is 24.0 Å². The molecule has 0 fully saturated rings. The van der Waals surface area contributed by atoms with Crippen LogP contribution in [0, 0.1) is 0 Å². The van der Waals surface area contributed by atoms with Crippen LogP contribution < -0.4 is 15.0 Å². The van der Waals surface area contributed by atoms with Crippen LogP contribution in [-0.2, 0) is 17.8 Å². The van der Waals surface area contributed by atoms with Gasteiger partial charge in [0.1, 0.15) is 5.75 Å². The van der Waals surface area contributed by atoms with E-state index in [1.54, 1.807) is 7.11 Å². The lowest BCUT2D eigenvalue weighted by Crippen LogP contribution is -2.37. The molecular weight excluding hydrogens is 300 g/mol. The highest BCUT2D eigenvalue weighted by Gasteiger charge is 2.17. The largest absolute Gasteiger partial charge is 0.497 e. The number of carbonyl (C=O) groups is 1. The lowest BCUT2D eigenvalue weighted by atomic mass is 10.1. The highest BCUT2D eigenvalue weighted by Crippen LogP contribution is 2.25. The monoisotopic (exact) mass is 324 g/mol. The van der Waals surface area contributed by atoms with Crippen molar-refractivity contribution in [2.45, 2.75) is 25.8 Å². The average Bonchev–Trinajstić information content (AvgIpc) is 2.83. The number of carbonyl (C=O) groups excluding carboxylic acids is 1. The van der Waals surface area contributed by atoms with Crippen molar-refractivity contribution in [1.82, 2.24) is 5.32 Å². The minimum atomic E-state index is 0.0579. The van der Waals surface area contributed by atoms with E-state index in [9.17, 15) is 4.79 Å². The molecule has 0 atom stereocenters. The van der Waals surface area contributed by atoms with Crippen molar-refractivity contribution >= 4 is 11.6 Å². The van der Waals surface area contributed by atoms with Crippen LogP contribution in [0.4, 0.5) is 5.69 Å². The standard InChI is InChI=1S/C20H24N2O2/c1-24-18-11-9-16(10-12-18)14-21-20(23)15-22-13-5-4-7-17-6-2-3-8-19(17)22/h2-3,6,8-12H,4-5,7,13-15H2,1H3,(H,21,23). The molecule has 4 heteroatoms. The lowest BCUT2D eigenvalue weighted by Gasteiger charge is -2.24. The Balaban J connectivity index is 1.58. The van der Waals surface area contributed by atoms with Gasteiger partial charge in [-0.1, -0.05) is 30.3 Å². The van der Waals surface area contributed by atoms with E-state index >= 15 is 0 Å². The second kappa shape index (κ2) is 7.86. The number of nitrogens with zero attached hydrogens (tertiary/aromatic N) is 1. The Labute approximate surface area is 143 Å². The molecule has 0 unspecified atom stereocenters. The number of rotatable bonds is 5. The number of nitrogens with one attached hydrogen (secondary N) is 1. The molecule has 0 saturated carbocycles. The Bertz CT molecular complexity index is 682. The number of benzene rings is 2. The van der Waals surface area contributed by atoms with Gasteiger partial charge in [0.2, 0.25) is 5.91 Å². The van der Waals surface area contributed by atoms with Crippen molar-refractivity contribution in [2.24, 2.45) is 0 Å². The summed E-state index contributed by atoms with van der Waals surface area (Å²) in [5.41, 5.74) is 3.62. The molecule has 0 saturated heterocycles. The van der Waals surface area contributed by atoms with Crippen molar-refractivity contribution in [3.63, 3.8) is 0 Å². The van der Waals surface area contributed by atoms with E-state index in [0.29, 0.717) is 13.1 Å². The summed E-state index contributed by atoms with van der Waals surface area (Å²) < 4.78 is 5.15. The van der Waals surface area contributed by atoms with Crippen LogP contribution in [0.3, 0.4) is 0 Å². The summed E-state index contributed by atoms with van der Waals surface area (Å²) in [6.07, 6.45) is 3.40. The Kier molecular flexibility index (Phi) is 5.36. The third kappa shape index (κ3) is 4.07. The summed E-state index contributed by atoms with van der Waals surface area (Å²) in [6, 6.07) is 16.2. The number of anilines is 1. The lowest BCUT2D eigenvalue weighted by molar-refractivity contribution is -0.119. The van der Waals surface area contributed by atoms with Gasteiger partial charge in [-0.05, 0) is 48.6 Å². The van der Waals surface area contributed by atoms with E-state index in [0.717, 1.165) is 30.7 Å². The predicted molar refractivity (Wildman–Crippen MR) is 96.4 cm³/mol. The number of amides is 1. The molecule has 126 valence electrons. The molecule has 0 bridgehead atoms. The molecule has 1 N–H and O–H groups in total. The summed E-state index contributed by atoms with van der Waals surface area (Å²) in [7, 11) is 1.65. The molecule has 1 heterocycles. The fraction of sp³-hybridized carbons (Fsp3) is 0.350. The van der Waals surface area contributed by atoms with Crippen LogP contribution in [0.5, 0.6) is 5.75 Å². The zero-order valence-corrected chi connectivity index (χ0v) is 14.1. The van der Waals surface area contributed by atoms with Gasteiger partial charge >= 0.3 is 0 Å². The van der Waals surface area contributed by atoms with Crippen molar-refractivity contribution in [1.29, 1.82) is 0 Å². The number of para-hydroxylation sites is 1. The number of ether oxygens (including phenoxy) is 1. The topological polar surface area (TPSA) is 41.6 Å². The maximum absolute atomic E-state index is 12.4. The molecule has 0 radical (unpaired) electrons. The van der Waals surface area contributed by atoms with E-state index in [4.69, 9.17) is 4.74 Å². The molecule has 0 spiro atoms. The Hall–Kier alpha value is -2.49. The zero-order chi connectivity index (χ0) is 16.8. The second-order valence-electron chi connectivity index (χ2n) is 6.13. The summed E-state index contributed by atoms with van der Waals surface area (Å²) in [4.78, 5) is 14.6. The van der Waals surface area contributed by atoms with E-state index < -0.39 is 0 Å². The van der Waals surface area contributed by atoms with Gasteiger partial charge in [0.25, 0.3) is 0 Å². The van der Waals surface area contributed by atoms with E-state index in [1.807, 2.05) is 30.3 Å². The first-order chi connectivity index (χ1) is 11.8. The van der Waals surface area contributed by atoms with Gasteiger partial charge in [0.05, 0.1) is 13.7 Å². The van der Waals surface area contributed by atoms with Gasteiger partial charge in [-0.2, -0.15) is 0 Å². The summed E-state index contributed by atoms with van der Waals surface area (Å²) in [6.45, 7) is 1.89. The predicted octanol–water partition coefficient (Wildman–Crippen LogP) is 3.15. The normalized spacial score (nSPS) is 13.8. The highest BCUT2D eigenvalue weighted by atomic mass is 16.5. The van der Waals surface area contributed by atoms with Crippen molar-refractivity contribution in [3.8, 4) is 5.75 Å². The first kappa shape index (κ1) is 16.4. The molecule has 4 nitrogen and oxygen atoms in total. The Morgan fingerprint density at radius 2 is 1.92 bits per heavy atom. The number of hydrogen-bond acceptors (Lipinski definition) is 3. The fourth-order valence-electron chi connectivity index (χ4n) is 3.11. The van der Waals surface area contributed by atoms with Gasteiger partial charge in [0.15, 0.2) is 0 Å². The van der Waals surface area contributed by atoms with Crippen LogP contribution >= 0.6 is 0 Å². The van der Waals surface area contributed by atoms with Gasteiger partial charge in [0, 0.05) is 18.8 Å². The van der Waals surface area contributed by atoms with E-state index in [1.165, 1.54) is 17.7 Å². The van der Waals surface area contributed by atoms with E-state index in [-0.39, 0.29) is 5.91 Å². The number of aryl methyl sites for hydroxylation is 1. The van der Waals surface area contributed by atoms with E-state index in [2.05, 4.69) is 28.4 Å². The summed E-state index contributed by atoms with van der Waals surface area (Å²) in [5, 5.41) is 3.01. The zero-order valence-electron chi connectivity index (χ0n) is 14.1. The quantitative estimate of drug-likeness (QED) is 0.918. The summed E-state index contributed by atoms with van der Waals surface area (Å²) in [5.74, 6) is 0.883. The molecule has 1 amide bonds. The van der Waals surface area contributed by atoms with Gasteiger partial charge in [-0.3, -0.25) is 4.79 Å². The Morgan fingerprint density at radius 3 is 2.71 bits per heavy atom. The first-order valence-corrected chi connectivity index (χ1v) is 8.49. The minimum Gasteiger partial charge on any atom is -0.497 e. The number of hydrogen-bond donors (Lipinski definition) is 1.